The van der Waals surface area contributed by atoms with E-state index in [1.165, 1.54) is 4.90 Å². The molecule has 2 atom stereocenters. The van der Waals surface area contributed by atoms with E-state index >= 15 is 0 Å². The van der Waals surface area contributed by atoms with Gasteiger partial charge in [0.2, 0.25) is 17.8 Å². The molecule has 0 spiro atoms. The Morgan fingerprint density at radius 1 is 1.43 bits per heavy atom. The molecule has 0 unspecified atom stereocenters. The summed E-state index contributed by atoms with van der Waals surface area (Å²) in [5.41, 5.74) is 6.47. The van der Waals surface area contributed by atoms with Crippen LogP contribution in [0.4, 0.5) is 11.8 Å². The van der Waals surface area contributed by atoms with Gasteiger partial charge >= 0.3 is 0 Å². The summed E-state index contributed by atoms with van der Waals surface area (Å²) in [6.45, 7) is 2.54. The molecule has 0 bridgehead atoms. The molecule has 3 rings (SSSR count). The van der Waals surface area contributed by atoms with Gasteiger partial charge in [-0.3, -0.25) is 9.59 Å². The van der Waals surface area contributed by atoms with Crippen molar-refractivity contribution in [3.63, 3.8) is 0 Å². The molecule has 2 amide bonds. The quantitative estimate of drug-likeness (QED) is 0.740. The fourth-order valence-electron chi connectivity index (χ4n) is 2.87. The minimum Gasteiger partial charge on any atom is -0.368 e. The smallest absolute Gasteiger partial charge is 0.245 e. The predicted octanol–water partition coefficient (Wildman–Crippen LogP) is -0.779. The van der Waals surface area contributed by atoms with Crippen molar-refractivity contribution in [2.24, 2.45) is 0 Å². The summed E-state index contributed by atoms with van der Waals surface area (Å²) in [4.78, 5) is 35.4. The van der Waals surface area contributed by atoms with Gasteiger partial charge in [-0.25, -0.2) is 4.98 Å². The molecule has 21 heavy (non-hydrogen) atoms. The topological polar surface area (TPSA) is 104 Å². The van der Waals surface area contributed by atoms with Crippen molar-refractivity contribution in [1.29, 1.82) is 0 Å². The maximum absolute atomic E-state index is 12.1. The number of piperazine rings is 1. The number of carbonyl (C=O) groups excluding carboxylic acids is 2. The Hall–Kier alpha value is -2.38. The molecule has 2 fully saturated rings. The Bertz CT molecular complexity index is 604. The summed E-state index contributed by atoms with van der Waals surface area (Å²) in [7, 11) is 1.66. The molecular formula is C13H18N6O2. The third-order valence-corrected chi connectivity index (χ3v) is 3.99. The van der Waals surface area contributed by atoms with Crippen LogP contribution >= 0.6 is 0 Å². The number of aromatic nitrogens is 2. The summed E-state index contributed by atoms with van der Waals surface area (Å²) in [6, 6.07) is -0.379. The van der Waals surface area contributed by atoms with Gasteiger partial charge in [0.05, 0.1) is 6.54 Å². The van der Waals surface area contributed by atoms with E-state index in [1.807, 2.05) is 6.92 Å². The van der Waals surface area contributed by atoms with Crippen LogP contribution in [0.5, 0.6) is 0 Å². The first-order chi connectivity index (χ1) is 9.95. The van der Waals surface area contributed by atoms with Gasteiger partial charge in [0.1, 0.15) is 11.9 Å². The molecule has 0 saturated carbocycles. The molecule has 2 aliphatic rings. The average molecular weight is 290 g/mol. The van der Waals surface area contributed by atoms with Crippen LogP contribution in [0, 0.1) is 6.92 Å². The number of amides is 2. The molecule has 1 aromatic heterocycles. The lowest BCUT2D eigenvalue weighted by molar-refractivity contribution is -0.152. The fraction of sp³-hybridized carbons (Fsp3) is 0.538. The van der Waals surface area contributed by atoms with Crippen LogP contribution in [0.2, 0.25) is 0 Å². The van der Waals surface area contributed by atoms with Crippen LogP contribution in [-0.2, 0) is 9.59 Å². The lowest BCUT2D eigenvalue weighted by atomic mass is 10.1. The molecule has 0 aliphatic carbocycles. The van der Waals surface area contributed by atoms with Crippen LogP contribution in [0.15, 0.2) is 6.20 Å². The van der Waals surface area contributed by atoms with Crippen molar-refractivity contribution < 1.29 is 9.59 Å². The van der Waals surface area contributed by atoms with Crippen molar-refractivity contribution in [2.45, 2.75) is 25.4 Å². The van der Waals surface area contributed by atoms with E-state index in [9.17, 15) is 9.59 Å². The maximum Gasteiger partial charge on any atom is 0.245 e. The lowest BCUT2D eigenvalue weighted by Crippen LogP contribution is -2.55. The summed E-state index contributed by atoms with van der Waals surface area (Å²) < 4.78 is 0. The first-order valence-corrected chi connectivity index (χ1v) is 6.86. The number of carbonyl (C=O) groups is 2. The molecule has 112 valence electrons. The average Bonchev–Trinajstić information content (AvgIpc) is 2.85. The van der Waals surface area contributed by atoms with E-state index in [0.717, 1.165) is 5.56 Å². The van der Waals surface area contributed by atoms with Gasteiger partial charge in [0.15, 0.2) is 0 Å². The number of rotatable bonds is 2. The number of likely N-dealkylation sites (N-methyl/N-ethyl adjacent to an activating group) is 1. The van der Waals surface area contributed by atoms with Crippen molar-refractivity contribution in [3.8, 4) is 0 Å². The highest BCUT2D eigenvalue weighted by Crippen LogP contribution is 2.26. The second-order valence-corrected chi connectivity index (χ2v) is 5.59. The number of nitrogens with zero attached hydrogens (tertiary/aromatic N) is 4. The van der Waals surface area contributed by atoms with Crippen LogP contribution in [0.1, 0.15) is 12.0 Å². The van der Waals surface area contributed by atoms with Crippen LogP contribution in [-0.4, -0.2) is 63.8 Å². The zero-order chi connectivity index (χ0) is 15.1. The molecule has 8 heteroatoms. The van der Waals surface area contributed by atoms with Crippen molar-refractivity contribution in [2.75, 3.05) is 31.2 Å². The SMILES string of the molecule is Cc1cnc(N)nc1N[C@@H]1C[C@H]2C(=O)N(C)CC(=O)N2C1. The Morgan fingerprint density at radius 2 is 2.19 bits per heavy atom. The minimum absolute atomic E-state index is 0.00202. The molecular weight excluding hydrogens is 272 g/mol. The first-order valence-electron chi connectivity index (χ1n) is 6.86. The van der Waals surface area contributed by atoms with Crippen LogP contribution < -0.4 is 11.1 Å². The number of nitrogens with one attached hydrogen (secondary N) is 1. The highest BCUT2D eigenvalue weighted by molar-refractivity contribution is 5.95. The number of aryl methyl sites for hydroxylation is 1. The lowest BCUT2D eigenvalue weighted by Gasteiger charge is -2.33. The zero-order valence-electron chi connectivity index (χ0n) is 12.0. The van der Waals surface area contributed by atoms with E-state index in [1.54, 1.807) is 18.1 Å². The molecule has 3 N–H and O–H groups in total. The van der Waals surface area contributed by atoms with E-state index in [-0.39, 0.29) is 36.4 Å². The Morgan fingerprint density at radius 3 is 2.95 bits per heavy atom. The van der Waals surface area contributed by atoms with Gasteiger partial charge in [-0.1, -0.05) is 0 Å². The van der Waals surface area contributed by atoms with Gasteiger partial charge in [-0.15, -0.1) is 0 Å². The first kappa shape index (κ1) is 13.6. The molecule has 2 saturated heterocycles. The van der Waals surface area contributed by atoms with Crippen LogP contribution in [0.3, 0.4) is 0 Å². The number of hydrogen-bond acceptors (Lipinski definition) is 6. The normalized spacial score (nSPS) is 25.2. The third-order valence-electron chi connectivity index (χ3n) is 3.99. The van der Waals surface area contributed by atoms with Gasteiger partial charge < -0.3 is 20.9 Å². The third kappa shape index (κ3) is 2.37. The van der Waals surface area contributed by atoms with Gasteiger partial charge in [-0.05, 0) is 13.3 Å². The number of hydrogen-bond donors (Lipinski definition) is 2. The standard InChI is InChI=1S/C13H18N6O2/c1-7-4-15-13(14)17-11(7)16-8-3-9-12(21)18(2)6-10(20)19(9)5-8/h4,8-9H,3,5-6H2,1-2H3,(H3,14,15,16,17)/t8-,9+/m1/s1. The van der Waals surface area contributed by atoms with E-state index in [0.29, 0.717) is 18.8 Å². The van der Waals surface area contributed by atoms with Gasteiger partial charge in [-0.2, -0.15) is 4.98 Å². The largest absolute Gasteiger partial charge is 0.368 e. The monoisotopic (exact) mass is 290 g/mol. The second kappa shape index (κ2) is 4.87. The van der Waals surface area contributed by atoms with E-state index in [2.05, 4.69) is 15.3 Å². The Labute approximate surface area is 122 Å². The molecule has 1 aromatic rings. The number of nitrogens with two attached hydrogens (primary N) is 1. The van der Waals surface area contributed by atoms with Crippen molar-refractivity contribution in [1.82, 2.24) is 19.8 Å². The molecule has 8 nitrogen and oxygen atoms in total. The second-order valence-electron chi connectivity index (χ2n) is 5.59. The molecule has 2 aliphatic heterocycles. The summed E-state index contributed by atoms with van der Waals surface area (Å²) in [5, 5.41) is 3.27. The number of anilines is 2. The number of nitrogen functional groups attached to an aromatic ring is 1. The fourth-order valence-corrected chi connectivity index (χ4v) is 2.87. The molecule has 3 heterocycles. The van der Waals surface area contributed by atoms with E-state index in [4.69, 9.17) is 5.73 Å². The molecule has 0 aromatic carbocycles. The minimum atomic E-state index is -0.367. The maximum atomic E-state index is 12.1. The molecule has 0 radical (unpaired) electrons. The Balaban J connectivity index is 1.76. The Kier molecular flexibility index (Phi) is 3.15. The van der Waals surface area contributed by atoms with Gasteiger partial charge in [0, 0.05) is 31.4 Å². The summed E-state index contributed by atoms with van der Waals surface area (Å²) in [6.07, 6.45) is 2.23. The number of fused-ring (bicyclic) bond motifs is 1. The highest BCUT2D eigenvalue weighted by Gasteiger charge is 2.44. The van der Waals surface area contributed by atoms with Gasteiger partial charge in [0.25, 0.3) is 0 Å². The van der Waals surface area contributed by atoms with Crippen molar-refractivity contribution in [3.05, 3.63) is 11.8 Å². The van der Waals surface area contributed by atoms with Crippen molar-refractivity contribution >= 4 is 23.6 Å². The highest BCUT2D eigenvalue weighted by atomic mass is 16.2. The zero-order valence-corrected chi connectivity index (χ0v) is 12.0. The summed E-state index contributed by atoms with van der Waals surface area (Å²) in [5.74, 6) is 0.842. The van der Waals surface area contributed by atoms with E-state index < -0.39 is 0 Å². The summed E-state index contributed by atoms with van der Waals surface area (Å²) >= 11 is 0. The van der Waals surface area contributed by atoms with Crippen LogP contribution in [0.25, 0.3) is 0 Å². The predicted molar refractivity (Wildman–Crippen MR) is 76.3 cm³/mol.